The summed E-state index contributed by atoms with van der Waals surface area (Å²) in [4.78, 5) is 12.5. The largest absolute Gasteiger partial charge is 0.497 e. The zero-order valence-corrected chi connectivity index (χ0v) is 12.5. The molecule has 0 unspecified atom stereocenters. The Hall–Kier alpha value is -2.09. The van der Waals surface area contributed by atoms with Gasteiger partial charge in [-0.1, -0.05) is 18.2 Å². The number of methoxy groups -OCH3 is 1. The number of benzene rings is 2. The molecule has 2 nitrogen and oxygen atoms in total. The third kappa shape index (κ3) is 3.08. The summed E-state index contributed by atoms with van der Waals surface area (Å²) < 4.78 is 5.19. The Morgan fingerprint density at radius 3 is 2.40 bits per heavy atom. The molecule has 0 aromatic heterocycles. The van der Waals surface area contributed by atoms with Crippen molar-refractivity contribution in [1.29, 1.82) is 0 Å². The Kier molecular flexibility index (Phi) is 4.23. The number of rotatable bonds is 4. The van der Waals surface area contributed by atoms with Crippen LogP contribution in [0.3, 0.4) is 0 Å². The number of hydrogen-bond donors (Lipinski definition) is 0. The van der Waals surface area contributed by atoms with Gasteiger partial charge in [-0.25, -0.2) is 0 Å². The van der Waals surface area contributed by atoms with Crippen molar-refractivity contribution in [2.24, 2.45) is 0 Å². The van der Waals surface area contributed by atoms with Gasteiger partial charge in [0, 0.05) is 12.0 Å². The van der Waals surface area contributed by atoms with Gasteiger partial charge in [0.15, 0.2) is 5.78 Å². The first-order valence-corrected chi connectivity index (χ1v) is 6.75. The molecule has 2 aromatic rings. The third-order valence-electron chi connectivity index (χ3n) is 3.64. The number of aryl methyl sites for hydroxylation is 3. The fourth-order valence-corrected chi connectivity index (χ4v) is 2.32. The summed E-state index contributed by atoms with van der Waals surface area (Å²) in [5, 5.41) is 0. The van der Waals surface area contributed by atoms with Gasteiger partial charge in [-0.3, -0.25) is 4.79 Å². The highest BCUT2D eigenvalue weighted by molar-refractivity contribution is 5.99. The smallest absolute Gasteiger partial charge is 0.167 e. The van der Waals surface area contributed by atoms with Crippen LogP contribution >= 0.6 is 0 Å². The van der Waals surface area contributed by atoms with Crippen LogP contribution in [-0.4, -0.2) is 12.9 Å². The highest BCUT2D eigenvalue weighted by atomic mass is 16.5. The summed E-state index contributed by atoms with van der Waals surface area (Å²) in [6, 6.07) is 11.7. The Morgan fingerprint density at radius 2 is 1.70 bits per heavy atom. The lowest BCUT2D eigenvalue weighted by Gasteiger charge is -2.09. The van der Waals surface area contributed by atoms with Gasteiger partial charge in [-0.2, -0.15) is 0 Å². The fraction of sp³-hybridized carbons (Fsp3) is 0.278. The van der Waals surface area contributed by atoms with Crippen molar-refractivity contribution in [2.75, 3.05) is 7.11 Å². The predicted molar refractivity (Wildman–Crippen MR) is 81.7 cm³/mol. The molecule has 0 spiro atoms. The lowest BCUT2D eigenvalue weighted by atomic mass is 9.95. The number of hydrogen-bond acceptors (Lipinski definition) is 2. The normalized spacial score (nSPS) is 10.4. The van der Waals surface area contributed by atoms with Crippen molar-refractivity contribution >= 4 is 5.78 Å². The molecule has 2 rings (SSSR count). The van der Waals surface area contributed by atoms with Gasteiger partial charge in [0.1, 0.15) is 5.75 Å². The summed E-state index contributed by atoms with van der Waals surface area (Å²) >= 11 is 0. The van der Waals surface area contributed by atoms with Gasteiger partial charge in [0.25, 0.3) is 0 Å². The van der Waals surface area contributed by atoms with Crippen LogP contribution in [0.2, 0.25) is 0 Å². The SMILES string of the molecule is COc1cccc(CC(=O)c2cc(C)c(C)cc2C)c1. The molecule has 0 bridgehead atoms. The molecule has 2 aromatic carbocycles. The molecule has 0 aliphatic heterocycles. The Balaban J connectivity index is 2.26. The molecule has 0 aliphatic carbocycles. The second-order valence-electron chi connectivity index (χ2n) is 5.20. The molecule has 0 heterocycles. The third-order valence-corrected chi connectivity index (χ3v) is 3.64. The molecule has 0 saturated carbocycles. The van der Waals surface area contributed by atoms with Crippen LogP contribution < -0.4 is 4.74 Å². The monoisotopic (exact) mass is 268 g/mol. The first-order valence-electron chi connectivity index (χ1n) is 6.75. The lowest BCUT2D eigenvalue weighted by Crippen LogP contribution is -2.07. The van der Waals surface area contributed by atoms with Gasteiger partial charge in [0.2, 0.25) is 0 Å². The molecule has 20 heavy (non-hydrogen) atoms. The first-order chi connectivity index (χ1) is 9.51. The summed E-state index contributed by atoms with van der Waals surface area (Å²) in [6.45, 7) is 6.10. The molecule has 0 N–H and O–H groups in total. The van der Waals surface area contributed by atoms with Crippen molar-refractivity contribution in [1.82, 2.24) is 0 Å². The highest BCUT2D eigenvalue weighted by Crippen LogP contribution is 2.19. The summed E-state index contributed by atoms with van der Waals surface area (Å²) in [5.41, 5.74) is 5.22. The molecular formula is C18H20O2. The van der Waals surface area contributed by atoms with E-state index in [2.05, 4.69) is 13.0 Å². The van der Waals surface area contributed by atoms with E-state index in [4.69, 9.17) is 4.74 Å². The quantitative estimate of drug-likeness (QED) is 0.782. The van der Waals surface area contributed by atoms with E-state index < -0.39 is 0 Å². The topological polar surface area (TPSA) is 26.3 Å². The van der Waals surface area contributed by atoms with Crippen LogP contribution in [0.15, 0.2) is 36.4 Å². The first kappa shape index (κ1) is 14.3. The van der Waals surface area contributed by atoms with Crippen LogP contribution in [0.1, 0.15) is 32.6 Å². The minimum absolute atomic E-state index is 0.152. The number of carbonyl (C=O) groups is 1. The number of Topliss-reactive ketones (excluding diaryl/α,β-unsaturated/α-hetero) is 1. The van der Waals surface area contributed by atoms with Gasteiger partial charge in [-0.15, -0.1) is 0 Å². The molecule has 0 amide bonds. The van der Waals surface area contributed by atoms with E-state index in [1.807, 2.05) is 44.2 Å². The predicted octanol–water partition coefficient (Wildman–Crippen LogP) is 4.05. The molecule has 104 valence electrons. The van der Waals surface area contributed by atoms with Gasteiger partial charge >= 0.3 is 0 Å². The van der Waals surface area contributed by atoms with Crippen LogP contribution in [0.25, 0.3) is 0 Å². The standard InChI is InChI=1S/C18H20O2/c1-12-8-14(3)17(9-13(12)2)18(19)11-15-6-5-7-16(10-15)20-4/h5-10H,11H2,1-4H3. The lowest BCUT2D eigenvalue weighted by molar-refractivity contribution is 0.0992. The van der Waals surface area contributed by atoms with E-state index in [0.717, 1.165) is 28.0 Å². The minimum atomic E-state index is 0.152. The number of ketones is 1. The summed E-state index contributed by atoms with van der Waals surface area (Å²) in [5.74, 6) is 0.936. The average molecular weight is 268 g/mol. The molecule has 0 aliphatic rings. The molecule has 2 heteroatoms. The summed E-state index contributed by atoms with van der Waals surface area (Å²) in [7, 11) is 1.63. The van der Waals surface area contributed by atoms with Gasteiger partial charge in [-0.05, 0) is 61.2 Å². The van der Waals surface area contributed by atoms with Crippen molar-refractivity contribution in [2.45, 2.75) is 27.2 Å². The Labute approximate surface area is 120 Å². The van der Waals surface area contributed by atoms with Crippen LogP contribution in [0, 0.1) is 20.8 Å². The van der Waals surface area contributed by atoms with Gasteiger partial charge in [0.05, 0.1) is 7.11 Å². The second kappa shape index (κ2) is 5.91. The van der Waals surface area contributed by atoms with Crippen molar-refractivity contribution in [3.63, 3.8) is 0 Å². The molecule has 0 fully saturated rings. The molecular weight excluding hydrogens is 248 g/mol. The Morgan fingerprint density at radius 1 is 1.00 bits per heavy atom. The average Bonchev–Trinajstić information content (AvgIpc) is 2.43. The van der Waals surface area contributed by atoms with Crippen LogP contribution in [0.4, 0.5) is 0 Å². The van der Waals surface area contributed by atoms with Crippen molar-refractivity contribution in [3.8, 4) is 5.75 Å². The minimum Gasteiger partial charge on any atom is -0.497 e. The Bertz CT molecular complexity index is 642. The van der Waals surface area contributed by atoms with E-state index >= 15 is 0 Å². The van der Waals surface area contributed by atoms with Crippen molar-refractivity contribution < 1.29 is 9.53 Å². The fourth-order valence-electron chi connectivity index (χ4n) is 2.32. The maximum atomic E-state index is 12.5. The zero-order valence-electron chi connectivity index (χ0n) is 12.5. The second-order valence-corrected chi connectivity index (χ2v) is 5.20. The van der Waals surface area contributed by atoms with E-state index in [1.54, 1.807) is 7.11 Å². The number of carbonyl (C=O) groups excluding carboxylic acids is 1. The maximum absolute atomic E-state index is 12.5. The molecule has 0 radical (unpaired) electrons. The zero-order chi connectivity index (χ0) is 14.7. The van der Waals surface area contributed by atoms with Gasteiger partial charge < -0.3 is 4.74 Å². The van der Waals surface area contributed by atoms with E-state index in [1.165, 1.54) is 5.56 Å². The van der Waals surface area contributed by atoms with Crippen LogP contribution in [0.5, 0.6) is 5.75 Å². The summed E-state index contributed by atoms with van der Waals surface area (Å²) in [6.07, 6.45) is 0.403. The van der Waals surface area contributed by atoms with Crippen LogP contribution in [-0.2, 0) is 6.42 Å². The van der Waals surface area contributed by atoms with E-state index in [0.29, 0.717) is 6.42 Å². The maximum Gasteiger partial charge on any atom is 0.167 e. The van der Waals surface area contributed by atoms with E-state index in [9.17, 15) is 4.79 Å². The van der Waals surface area contributed by atoms with E-state index in [-0.39, 0.29) is 5.78 Å². The molecule has 0 saturated heterocycles. The molecule has 0 atom stereocenters. The highest BCUT2D eigenvalue weighted by Gasteiger charge is 2.12. The number of ether oxygens (including phenoxy) is 1. The van der Waals surface area contributed by atoms with Crippen molar-refractivity contribution in [3.05, 3.63) is 64.2 Å².